The van der Waals surface area contributed by atoms with Gasteiger partial charge in [0.1, 0.15) is 6.04 Å². The SMILES string of the molecule is COc1ccc(-c2noc([C@@H]3CCCN3C(=O)Cc3ccccc3C)n2)cc1OC. The normalized spacial score (nSPS) is 16.0. The molecule has 1 aliphatic rings. The third-order valence-electron chi connectivity index (χ3n) is 5.54. The van der Waals surface area contributed by atoms with Crippen LogP contribution >= 0.6 is 0 Å². The molecule has 0 saturated carbocycles. The standard InChI is InChI=1S/C23H25N3O4/c1-15-7-4-5-8-16(15)14-21(27)26-12-6-9-18(26)23-24-22(25-30-23)17-10-11-19(28-2)20(13-17)29-3/h4-5,7-8,10-11,13,18H,6,9,12,14H2,1-3H3/t18-/m0/s1. The van der Waals surface area contributed by atoms with Crippen molar-refractivity contribution in [3.8, 4) is 22.9 Å². The number of benzene rings is 2. The molecule has 7 nitrogen and oxygen atoms in total. The minimum absolute atomic E-state index is 0.0812. The molecule has 1 amide bonds. The highest BCUT2D eigenvalue weighted by Gasteiger charge is 2.34. The Balaban J connectivity index is 1.54. The zero-order valence-electron chi connectivity index (χ0n) is 17.4. The van der Waals surface area contributed by atoms with E-state index in [-0.39, 0.29) is 11.9 Å². The number of aromatic nitrogens is 2. The number of hydrogen-bond donors (Lipinski definition) is 0. The third kappa shape index (κ3) is 3.87. The van der Waals surface area contributed by atoms with E-state index < -0.39 is 0 Å². The predicted octanol–water partition coefficient (Wildman–Crippen LogP) is 3.97. The molecule has 156 valence electrons. The lowest BCUT2D eigenvalue weighted by atomic mass is 10.1. The van der Waals surface area contributed by atoms with Crippen molar-refractivity contribution < 1.29 is 18.8 Å². The quantitative estimate of drug-likeness (QED) is 0.615. The number of rotatable bonds is 6. The summed E-state index contributed by atoms with van der Waals surface area (Å²) in [7, 11) is 3.17. The van der Waals surface area contributed by atoms with E-state index in [1.54, 1.807) is 20.3 Å². The number of methoxy groups -OCH3 is 2. The summed E-state index contributed by atoms with van der Waals surface area (Å²) in [4.78, 5) is 19.4. The lowest BCUT2D eigenvalue weighted by molar-refractivity contribution is -0.131. The Morgan fingerprint density at radius 2 is 1.97 bits per heavy atom. The molecule has 0 spiro atoms. The van der Waals surface area contributed by atoms with Crippen LogP contribution in [0.4, 0.5) is 0 Å². The average Bonchev–Trinajstić information content (AvgIpc) is 3.44. The molecule has 1 aliphatic heterocycles. The highest BCUT2D eigenvalue weighted by atomic mass is 16.5. The largest absolute Gasteiger partial charge is 0.493 e. The number of hydrogen-bond acceptors (Lipinski definition) is 6. The first kappa shape index (κ1) is 19.9. The number of amides is 1. The molecule has 2 heterocycles. The van der Waals surface area contributed by atoms with Crippen LogP contribution < -0.4 is 9.47 Å². The summed E-state index contributed by atoms with van der Waals surface area (Å²) in [6, 6.07) is 13.2. The van der Waals surface area contributed by atoms with E-state index in [0.29, 0.717) is 36.2 Å². The molecule has 4 rings (SSSR count). The molecule has 0 unspecified atom stereocenters. The van der Waals surface area contributed by atoms with Gasteiger partial charge in [-0.15, -0.1) is 0 Å². The molecule has 0 radical (unpaired) electrons. The smallest absolute Gasteiger partial charge is 0.249 e. The van der Waals surface area contributed by atoms with E-state index in [1.807, 2.05) is 48.2 Å². The summed E-state index contributed by atoms with van der Waals surface area (Å²) >= 11 is 0. The molecule has 0 N–H and O–H groups in total. The summed E-state index contributed by atoms with van der Waals surface area (Å²) in [5.41, 5.74) is 2.93. The first-order chi connectivity index (χ1) is 14.6. The molecule has 3 aromatic rings. The molecule has 30 heavy (non-hydrogen) atoms. The lowest BCUT2D eigenvalue weighted by Crippen LogP contribution is -2.32. The van der Waals surface area contributed by atoms with Gasteiger partial charge in [-0.1, -0.05) is 29.4 Å². The fraction of sp³-hybridized carbons (Fsp3) is 0.348. The van der Waals surface area contributed by atoms with Gasteiger partial charge in [0.15, 0.2) is 11.5 Å². The monoisotopic (exact) mass is 407 g/mol. The maximum Gasteiger partial charge on any atom is 0.249 e. The molecule has 1 atom stereocenters. The number of likely N-dealkylation sites (tertiary alicyclic amines) is 1. The van der Waals surface area contributed by atoms with Crippen LogP contribution in [0.1, 0.15) is 35.9 Å². The van der Waals surface area contributed by atoms with Gasteiger partial charge in [0, 0.05) is 12.1 Å². The number of aryl methyl sites for hydroxylation is 1. The first-order valence-corrected chi connectivity index (χ1v) is 10.0. The Kier molecular flexibility index (Phi) is 5.70. The van der Waals surface area contributed by atoms with Gasteiger partial charge >= 0.3 is 0 Å². The molecule has 1 fully saturated rings. The molecular formula is C23H25N3O4. The van der Waals surface area contributed by atoms with Crippen molar-refractivity contribution in [2.24, 2.45) is 0 Å². The second kappa shape index (κ2) is 8.57. The molecule has 1 aromatic heterocycles. The summed E-state index contributed by atoms with van der Waals surface area (Å²) in [5.74, 6) is 2.24. The number of carbonyl (C=O) groups excluding carboxylic acids is 1. The number of carbonyl (C=O) groups is 1. The van der Waals surface area contributed by atoms with Crippen molar-refractivity contribution in [3.63, 3.8) is 0 Å². The topological polar surface area (TPSA) is 77.7 Å². The van der Waals surface area contributed by atoms with Gasteiger partial charge in [0.2, 0.25) is 17.6 Å². The van der Waals surface area contributed by atoms with Gasteiger partial charge in [0.05, 0.1) is 20.6 Å². The average molecular weight is 407 g/mol. The predicted molar refractivity (Wildman–Crippen MR) is 111 cm³/mol. The van der Waals surface area contributed by atoms with E-state index in [9.17, 15) is 4.79 Å². The molecular weight excluding hydrogens is 382 g/mol. The van der Waals surface area contributed by atoms with Gasteiger partial charge in [-0.2, -0.15) is 4.98 Å². The van der Waals surface area contributed by atoms with Crippen LogP contribution in [0.15, 0.2) is 47.0 Å². The van der Waals surface area contributed by atoms with Crippen molar-refractivity contribution in [3.05, 3.63) is 59.5 Å². The van der Waals surface area contributed by atoms with Gasteiger partial charge < -0.3 is 18.9 Å². The summed E-state index contributed by atoms with van der Waals surface area (Å²) in [6.07, 6.45) is 2.10. The van der Waals surface area contributed by atoms with Crippen molar-refractivity contribution in [1.82, 2.24) is 15.0 Å². The van der Waals surface area contributed by atoms with Crippen molar-refractivity contribution in [2.45, 2.75) is 32.2 Å². The second-order valence-corrected chi connectivity index (χ2v) is 7.37. The van der Waals surface area contributed by atoms with Crippen LogP contribution in [0.2, 0.25) is 0 Å². The van der Waals surface area contributed by atoms with Crippen LogP contribution in [0, 0.1) is 6.92 Å². The van der Waals surface area contributed by atoms with E-state index >= 15 is 0 Å². The van der Waals surface area contributed by atoms with Gasteiger partial charge in [-0.25, -0.2) is 0 Å². The summed E-state index contributed by atoms with van der Waals surface area (Å²) < 4.78 is 16.2. The summed E-state index contributed by atoms with van der Waals surface area (Å²) in [6.45, 7) is 2.72. The molecule has 2 aromatic carbocycles. The van der Waals surface area contributed by atoms with E-state index in [4.69, 9.17) is 14.0 Å². The maximum absolute atomic E-state index is 13.0. The Morgan fingerprint density at radius 1 is 1.17 bits per heavy atom. The van der Waals surface area contributed by atoms with Crippen LogP contribution in [-0.4, -0.2) is 41.7 Å². The number of ether oxygens (including phenoxy) is 2. The van der Waals surface area contributed by atoms with E-state index in [2.05, 4.69) is 10.1 Å². The molecule has 1 saturated heterocycles. The molecule has 7 heteroatoms. The second-order valence-electron chi connectivity index (χ2n) is 7.37. The van der Waals surface area contributed by atoms with Crippen molar-refractivity contribution in [1.29, 1.82) is 0 Å². The Labute approximate surface area is 175 Å². The Bertz CT molecular complexity index is 1050. The fourth-order valence-electron chi connectivity index (χ4n) is 3.86. The van der Waals surface area contributed by atoms with Crippen LogP contribution in [0.25, 0.3) is 11.4 Å². The van der Waals surface area contributed by atoms with Crippen molar-refractivity contribution in [2.75, 3.05) is 20.8 Å². The summed E-state index contributed by atoms with van der Waals surface area (Å²) in [5, 5.41) is 4.13. The zero-order valence-corrected chi connectivity index (χ0v) is 17.4. The van der Waals surface area contributed by atoms with Gasteiger partial charge in [0.25, 0.3) is 0 Å². The Morgan fingerprint density at radius 3 is 2.73 bits per heavy atom. The fourth-order valence-corrected chi connectivity index (χ4v) is 3.86. The molecule has 0 aliphatic carbocycles. The van der Waals surface area contributed by atoms with Crippen LogP contribution in [-0.2, 0) is 11.2 Å². The van der Waals surface area contributed by atoms with E-state index in [0.717, 1.165) is 29.5 Å². The minimum atomic E-state index is -0.192. The number of nitrogens with zero attached hydrogens (tertiary/aromatic N) is 3. The van der Waals surface area contributed by atoms with Gasteiger partial charge in [-0.05, 0) is 49.1 Å². The third-order valence-corrected chi connectivity index (χ3v) is 5.54. The van der Waals surface area contributed by atoms with Gasteiger partial charge in [-0.3, -0.25) is 4.79 Å². The lowest BCUT2D eigenvalue weighted by Gasteiger charge is -2.22. The maximum atomic E-state index is 13.0. The zero-order chi connectivity index (χ0) is 21.1. The van der Waals surface area contributed by atoms with Crippen LogP contribution in [0.3, 0.4) is 0 Å². The highest BCUT2D eigenvalue weighted by Crippen LogP contribution is 2.35. The van der Waals surface area contributed by atoms with Crippen molar-refractivity contribution >= 4 is 5.91 Å². The Hall–Kier alpha value is -3.35. The minimum Gasteiger partial charge on any atom is -0.493 e. The molecule has 0 bridgehead atoms. The highest BCUT2D eigenvalue weighted by molar-refractivity contribution is 5.79. The first-order valence-electron chi connectivity index (χ1n) is 10.0. The van der Waals surface area contributed by atoms with E-state index in [1.165, 1.54) is 0 Å². The van der Waals surface area contributed by atoms with Crippen LogP contribution in [0.5, 0.6) is 11.5 Å².